The van der Waals surface area contributed by atoms with E-state index >= 15 is 0 Å². The molecule has 120 valence electrons. The fraction of sp³-hybridized carbons (Fsp3) is 0.688. The van der Waals surface area contributed by atoms with Gasteiger partial charge < -0.3 is 0 Å². The van der Waals surface area contributed by atoms with Gasteiger partial charge in [-0.2, -0.15) is 0 Å². The Balaban J connectivity index is 1.29. The number of likely N-dealkylation sites (tertiary alicyclic amines) is 1. The van der Waals surface area contributed by atoms with Crippen LogP contribution in [0.2, 0.25) is 0 Å². The van der Waals surface area contributed by atoms with Gasteiger partial charge in [-0.3, -0.25) is 9.88 Å². The minimum absolute atomic E-state index is 0.103. The van der Waals surface area contributed by atoms with Gasteiger partial charge in [-0.1, -0.05) is 6.07 Å². The minimum atomic E-state index is -3.03. The third kappa shape index (κ3) is 2.92. The second kappa shape index (κ2) is 5.28. The van der Waals surface area contributed by atoms with Crippen molar-refractivity contribution >= 4 is 10.0 Å². The molecule has 3 fully saturated rings. The molecule has 4 rings (SSSR count). The third-order valence-corrected chi connectivity index (χ3v) is 7.29. The van der Waals surface area contributed by atoms with E-state index in [-0.39, 0.29) is 11.3 Å². The van der Waals surface area contributed by atoms with E-state index in [2.05, 4.69) is 20.7 Å². The molecule has 1 saturated heterocycles. The molecule has 1 N–H and O–H groups in total. The maximum Gasteiger partial charge on any atom is 0.214 e. The number of nitrogens with one attached hydrogen (secondary N) is 1. The monoisotopic (exact) mass is 321 g/mol. The van der Waals surface area contributed by atoms with E-state index in [0.29, 0.717) is 5.41 Å². The first-order chi connectivity index (χ1) is 10.5. The van der Waals surface area contributed by atoms with Crippen LogP contribution in [0.5, 0.6) is 0 Å². The molecule has 5 nitrogen and oxygen atoms in total. The zero-order valence-electron chi connectivity index (χ0n) is 12.7. The normalized spacial score (nSPS) is 32.3. The molecular formula is C16H23N3O2S. The second-order valence-electron chi connectivity index (χ2n) is 7.25. The van der Waals surface area contributed by atoms with Crippen molar-refractivity contribution < 1.29 is 8.42 Å². The molecule has 0 radical (unpaired) electrons. The smallest absolute Gasteiger partial charge is 0.214 e. The lowest BCUT2D eigenvalue weighted by atomic mass is 9.65. The van der Waals surface area contributed by atoms with Crippen molar-refractivity contribution in [2.24, 2.45) is 5.41 Å². The first-order valence-corrected chi connectivity index (χ1v) is 9.73. The van der Waals surface area contributed by atoms with Gasteiger partial charge in [-0.15, -0.1) is 0 Å². The molecule has 22 heavy (non-hydrogen) atoms. The molecule has 2 heterocycles. The molecule has 3 aliphatic rings. The minimum Gasteiger partial charge on any atom is -0.297 e. The van der Waals surface area contributed by atoms with Gasteiger partial charge in [0.1, 0.15) is 0 Å². The first-order valence-electron chi connectivity index (χ1n) is 8.18. The van der Waals surface area contributed by atoms with Crippen LogP contribution in [0.4, 0.5) is 0 Å². The quantitative estimate of drug-likeness (QED) is 0.893. The van der Waals surface area contributed by atoms with E-state index in [1.807, 2.05) is 18.3 Å². The number of nitrogens with zero attached hydrogens (tertiary/aromatic N) is 2. The van der Waals surface area contributed by atoms with Crippen LogP contribution >= 0.6 is 0 Å². The number of rotatable bonds is 5. The molecule has 0 bridgehead atoms. The molecule has 0 unspecified atom stereocenters. The Morgan fingerprint density at radius 3 is 2.82 bits per heavy atom. The molecule has 2 saturated carbocycles. The van der Waals surface area contributed by atoms with Crippen molar-refractivity contribution in [1.82, 2.24) is 14.6 Å². The summed E-state index contributed by atoms with van der Waals surface area (Å²) in [6.45, 7) is 3.07. The highest BCUT2D eigenvalue weighted by atomic mass is 32.2. The van der Waals surface area contributed by atoms with Gasteiger partial charge in [0.25, 0.3) is 0 Å². The van der Waals surface area contributed by atoms with Crippen molar-refractivity contribution in [1.29, 1.82) is 0 Å². The average Bonchev–Trinajstić information content (AvgIpc) is 3.23. The zero-order valence-corrected chi connectivity index (χ0v) is 13.6. The molecular weight excluding hydrogens is 298 g/mol. The highest BCUT2D eigenvalue weighted by Crippen LogP contribution is 2.49. The molecule has 0 aromatic carbocycles. The number of hydrogen-bond acceptors (Lipinski definition) is 4. The summed E-state index contributed by atoms with van der Waals surface area (Å²) in [6.07, 6.45) is 6.69. The zero-order chi connectivity index (χ0) is 15.2. The lowest BCUT2D eigenvalue weighted by Crippen LogP contribution is -2.52. The van der Waals surface area contributed by atoms with Crippen LogP contribution in [-0.4, -0.2) is 42.7 Å². The van der Waals surface area contributed by atoms with E-state index in [9.17, 15) is 8.42 Å². The maximum absolute atomic E-state index is 12.0. The maximum atomic E-state index is 12.0. The van der Waals surface area contributed by atoms with E-state index in [0.717, 1.165) is 51.0 Å². The lowest BCUT2D eigenvalue weighted by molar-refractivity contribution is 0.101. The highest BCUT2D eigenvalue weighted by Gasteiger charge is 2.50. The van der Waals surface area contributed by atoms with E-state index in [1.165, 1.54) is 6.42 Å². The summed E-state index contributed by atoms with van der Waals surface area (Å²) in [5.41, 5.74) is 1.45. The van der Waals surface area contributed by atoms with Crippen LogP contribution in [0, 0.1) is 5.41 Å². The second-order valence-corrected chi connectivity index (χ2v) is 9.24. The highest BCUT2D eigenvalue weighted by molar-refractivity contribution is 7.90. The molecule has 1 aromatic rings. The molecule has 1 aromatic heterocycles. The Labute approximate surface area is 132 Å². The average molecular weight is 321 g/mol. The summed E-state index contributed by atoms with van der Waals surface area (Å²) in [5, 5.41) is -0.103. The summed E-state index contributed by atoms with van der Waals surface area (Å²) in [4.78, 5) is 6.84. The number of pyridine rings is 1. The predicted octanol–water partition coefficient (Wildman–Crippen LogP) is 1.52. The van der Waals surface area contributed by atoms with Crippen molar-refractivity contribution in [2.75, 3.05) is 13.1 Å². The molecule has 2 aliphatic carbocycles. The summed E-state index contributed by atoms with van der Waals surface area (Å²) >= 11 is 0. The van der Waals surface area contributed by atoms with Gasteiger partial charge in [0.05, 0.1) is 10.9 Å². The first kappa shape index (κ1) is 14.6. The lowest BCUT2D eigenvalue weighted by Gasteiger charge is -2.45. The Morgan fingerprint density at radius 2 is 2.14 bits per heavy atom. The van der Waals surface area contributed by atoms with E-state index in [1.54, 1.807) is 0 Å². The van der Waals surface area contributed by atoms with Crippen LogP contribution in [0.1, 0.15) is 37.8 Å². The molecule has 1 aliphatic heterocycles. The Hall–Kier alpha value is -0.980. The Bertz CT molecular complexity index is 637. The predicted molar refractivity (Wildman–Crippen MR) is 84.7 cm³/mol. The van der Waals surface area contributed by atoms with Crippen molar-refractivity contribution in [3.8, 4) is 0 Å². The fourth-order valence-corrected chi connectivity index (χ4v) is 5.57. The SMILES string of the molecule is O=S(=O)(NC1CC2(CCN(Cc3ccccn3)C2)C1)C1CC1. The van der Waals surface area contributed by atoms with Crippen LogP contribution in [-0.2, 0) is 16.6 Å². The van der Waals surface area contributed by atoms with E-state index in [4.69, 9.17) is 0 Å². The third-order valence-electron chi connectivity index (χ3n) is 5.28. The molecule has 0 atom stereocenters. The Morgan fingerprint density at radius 1 is 1.32 bits per heavy atom. The summed E-state index contributed by atoms with van der Waals surface area (Å²) in [7, 11) is -3.03. The Kier molecular flexibility index (Phi) is 3.51. The standard InChI is InChI=1S/C16H23N3O2S/c20-22(21,15-4-5-15)18-14-9-16(10-14)6-8-19(12-16)11-13-3-1-2-7-17-13/h1-3,7,14-15,18H,4-6,8-12H2. The van der Waals surface area contributed by atoms with Crippen molar-refractivity contribution in [3.05, 3.63) is 30.1 Å². The van der Waals surface area contributed by atoms with E-state index < -0.39 is 10.0 Å². The summed E-state index contributed by atoms with van der Waals surface area (Å²) < 4.78 is 26.9. The van der Waals surface area contributed by atoms with Crippen molar-refractivity contribution in [2.45, 2.75) is 49.9 Å². The number of hydrogen-bond donors (Lipinski definition) is 1. The van der Waals surface area contributed by atoms with Crippen LogP contribution in [0.25, 0.3) is 0 Å². The van der Waals surface area contributed by atoms with Gasteiger partial charge in [-0.05, 0) is 56.2 Å². The van der Waals surface area contributed by atoms with Crippen LogP contribution in [0.15, 0.2) is 24.4 Å². The molecule has 0 amide bonds. The fourth-order valence-electron chi connectivity index (χ4n) is 3.99. The summed E-state index contributed by atoms with van der Waals surface area (Å²) in [6, 6.07) is 6.20. The topological polar surface area (TPSA) is 62.3 Å². The van der Waals surface area contributed by atoms with Gasteiger partial charge in [-0.25, -0.2) is 13.1 Å². The van der Waals surface area contributed by atoms with Crippen LogP contribution in [0.3, 0.4) is 0 Å². The van der Waals surface area contributed by atoms with Gasteiger partial charge in [0, 0.05) is 25.3 Å². The van der Waals surface area contributed by atoms with Crippen molar-refractivity contribution in [3.63, 3.8) is 0 Å². The van der Waals surface area contributed by atoms with Crippen LogP contribution < -0.4 is 4.72 Å². The molecule has 1 spiro atoms. The number of sulfonamides is 1. The van der Waals surface area contributed by atoms with Gasteiger partial charge in [0.15, 0.2) is 0 Å². The van der Waals surface area contributed by atoms with Gasteiger partial charge >= 0.3 is 0 Å². The largest absolute Gasteiger partial charge is 0.297 e. The summed E-state index contributed by atoms with van der Waals surface area (Å²) in [5.74, 6) is 0. The van der Waals surface area contributed by atoms with Gasteiger partial charge in [0.2, 0.25) is 10.0 Å². The number of aromatic nitrogens is 1. The molecule has 6 heteroatoms.